The standard InChI is InChI=1S/C19H21N3O/c1-4-23-19-17(13-16-10-6-5-7-11-16)15(3)22(21-19)18-14(2)9-8-12-20-18/h5-12H,4,13H2,1-3H3. The van der Waals surface area contributed by atoms with Gasteiger partial charge in [-0.05, 0) is 38.0 Å². The summed E-state index contributed by atoms with van der Waals surface area (Å²) in [6.45, 7) is 6.69. The summed E-state index contributed by atoms with van der Waals surface area (Å²) >= 11 is 0. The van der Waals surface area contributed by atoms with Gasteiger partial charge < -0.3 is 4.74 Å². The number of aromatic nitrogens is 3. The van der Waals surface area contributed by atoms with Crippen molar-refractivity contribution in [3.05, 3.63) is 71.0 Å². The first kappa shape index (κ1) is 15.3. The van der Waals surface area contributed by atoms with E-state index < -0.39 is 0 Å². The van der Waals surface area contributed by atoms with Crippen LogP contribution in [0.5, 0.6) is 5.88 Å². The maximum Gasteiger partial charge on any atom is 0.237 e. The van der Waals surface area contributed by atoms with Gasteiger partial charge in [-0.2, -0.15) is 0 Å². The summed E-state index contributed by atoms with van der Waals surface area (Å²) in [7, 11) is 0. The normalized spacial score (nSPS) is 10.7. The van der Waals surface area contributed by atoms with E-state index in [2.05, 4.69) is 41.3 Å². The third-order valence-corrected chi connectivity index (χ3v) is 3.89. The molecule has 0 unspecified atom stereocenters. The highest BCUT2D eigenvalue weighted by atomic mass is 16.5. The molecule has 23 heavy (non-hydrogen) atoms. The maximum atomic E-state index is 5.77. The number of pyridine rings is 1. The van der Waals surface area contributed by atoms with Crippen molar-refractivity contribution >= 4 is 0 Å². The van der Waals surface area contributed by atoms with Gasteiger partial charge in [0.15, 0.2) is 5.82 Å². The van der Waals surface area contributed by atoms with Gasteiger partial charge in [-0.25, -0.2) is 9.67 Å². The number of nitrogens with zero attached hydrogens (tertiary/aromatic N) is 3. The first-order valence-corrected chi connectivity index (χ1v) is 7.88. The molecular formula is C19H21N3O. The van der Waals surface area contributed by atoms with Crippen LogP contribution in [-0.4, -0.2) is 21.4 Å². The van der Waals surface area contributed by atoms with Crippen molar-refractivity contribution in [3.63, 3.8) is 0 Å². The highest BCUT2D eigenvalue weighted by molar-refractivity contribution is 5.42. The smallest absolute Gasteiger partial charge is 0.237 e. The molecule has 2 aromatic heterocycles. The van der Waals surface area contributed by atoms with Crippen LogP contribution >= 0.6 is 0 Å². The maximum absolute atomic E-state index is 5.77. The molecule has 0 aliphatic heterocycles. The summed E-state index contributed by atoms with van der Waals surface area (Å²) in [5, 5.41) is 4.66. The van der Waals surface area contributed by atoms with Crippen molar-refractivity contribution < 1.29 is 4.74 Å². The zero-order valence-electron chi connectivity index (χ0n) is 13.8. The molecule has 0 radical (unpaired) electrons. The molecule has 0 aliphatic carbocycles. The lowest BCUT2D eigenvalue weighted by molar-refractivity contribution is 0.321. The summed E-state index contributed by atoms with van der Waals surface area (Å²) in [5.74, 6) is 1.55. The van der Waals surface area contributed by atoms with E-state index in [-0.39, 0.29) is 0 Å². The second-order valence-electron chi connectivity index (χ2n) is 5.52. The Balaban J connectivity index is 2.06. The zero-order chi connectivity index (χ0) is 16.2. The van der Waals surface area contributed by atoms with Crippen LogP contribution in [-0.2, 0) is 6.42 Å². The van der Waals surface area contributed by atoms with E-state index in [9.17, 15) is 0 Å². The van der Waals surface area contributed by atoms with E-state index in [4.69, 9.17) is 4.74 Å². The Bertz CT molecular complexity index is 794. The van der Waals surface area contributed by atoms with Gasteiger partial charge in [-0.1, -0.05) is 36.4 Å². The second-order valence-corrected chi connectivity index (χ2v) is 5.52. The predicted molar refractivity (Wildman–Crippen MR) is 91.3 cm³/mol. The summed E-state index contributed by atoms with van der Waals surface area (Å²) in [6, 6.07) is 14.4. The Morgan fingerprint density at radius 1 is 1.04 bits per heavy atom. The Kier molecular flexibility index (Phi) is 4.42. The molecular weight excluding hydrogens is 286 g/mol. The van der Waals surface area contributed by atoms with Crippen molar-refractivity contribution in [3.8, 4) is 11.7 Å². The SMILES string of the molecule is CCOc1nn(-c2ncccc2C)c(C)c1Cc1ccccc1. The number of aryl methyl sites for hydroxylation is 1. The third-order valence-electron chi connectivity index (χ3n) is 3.89. The minimum Gasteiger partial charge on any atom is -0.477 e. The summed E-state index contributed by atoms with van der Waals surface area (Å²) < 4.78 is 7.66. The molecule has 4 heteroatoms. The molecule has 3 rings (SSSR count). The number of ether oxygens (including phenoxy) is 1. The fourth-order valence-electron chi connectivity index (χ4n) is 2.67. The van der Waals surface area contributed by atoms with Gasteiger partial charge in [0.2, 0.25) is 5.88 Å². The van der Waals surface area contributed by atoms with Gasteiger partial charge in [0.05, 0.1) is 12.3 Å². The quantitative estimate of drug-likeness (QED) is 0.718. The molecule has 0 bridgehead atoms. The second kappa shape index (κ2) is 6.65. The first-order valence-electron chi connectivity index (χ1n) is 7.88. The molecule has 0 amide bonds. The van der Waals surface area contributed by atoms with Crippen molar-refractivity contribution in [2.45, 2.75) is 27.2 Å². The van der Waals surface area contributed by atoms with Crippen LogP contribution in [0.4, 0.5) is 0 Å². The largest absolute Gasteiger partial charge is 0.477 e. The van der Waals surface area contributed by atoms with E-state index in [1.165, 1.54) is 5.56 Å². The van der Waals surface area contributed by atoms with Gasteiger partial charge in [0, 0.05) is 18.2 Å². The Morgan fingerprint density at radius 3 is 2.52 bits per heavy atom. The molecule has 0 saturated heterocycles. The molecule has 118 valence electrons. The van der Waals surface area contributed by atoms with Crippen LogP contribution in [0.3, 0.4) is 0 Å². The fourth-order valence-corrected chi connectivity index (χ4v) is 2.67. The zero-order valence-corrected chi connectivity index (χ0v) is 13.8. The lowest BCUT2D eigenvalue weighted by Gasteiger charge is -2.07. The molecule has 2 heterocycles. The van der Waals surface area contributed by atoms with Gasteiger partial charge in [-0.3, -0.25) is 0 Å². The van der Waals surface area contributed by atoms with Gasteiger partial charge in [0.1, 0.15) is 0 Å². The van der Waals surface area contributed by atoms with E-state index in [0.29, 0.717) is 12.5 Å². The molecule has 0 aliphatic rings. The Hall–Kier alpha value is -2.62. The highest BCUT2D eigenvalue weighted by Gasteiger charge is 2.18. The number of hydrogen-bond acceptors (Lipinski definition) is 3. The summed E-state index contributed by atoms with van der Waals surface area (Å²) in [4.78, 5) is 4.48. The monoisotopic (exact) mass is 307 g/mol. The van der Waals surface area contributed by atoms with Crippen LogP contribution in [0.25, 0.3) is 5.82 Å². The van der Waals surface area contributed by atoms with Crippen LogP contribution in [0, 0.1) is 13.8 Å². The molecule has 0 atom stereocenters. The predicted octanol–water partition coefficient (Wildman–Crippen LogP) is 3.87. The highest BCUT2D eigenvalue weighted by Crippen LogP contribution is 2.27. The Labute approximate surface area is 136 Å². The van der Waals surface area contributed by atoms with Crippen LogP contribution in [0.2, 0.25) is 0 Å². The van der Waals surface area contributed by atoms with Gasteiger partial charge in [0.25, 0.3) is 0 Å². The van der Waals surface area contributed by atoms with Crippen molar-refractivity contribution in [1.82, 2.24) is 14.8 Å². The molecule has 4 nitrogen and oxygen atoms in total. The number of hydrogen-bond donors (Lipinski definition) is 0. The molecule has 3 aromatic rings. The van der Waals surface area contributed by atoms with Crippen molar-refractivity contribution in [2.75, 3.05) is 6.61 Å². The van der Waals surface area contributed by atoms with Crippen molar-refractivity contribution in [1.29, 1.82) is 0 Å². The Morgan fingerprint density at radius 2 is 1.83 bits per heavy atom. The number of benzene rings is 1. The topological polar surface area (TPSA) is 39.9 Å². The average Bonchev–Trinajstić information content (AvgIpc) is 2.86. The van der Waals surface area contributed by atoms with Gasteiger partial charge in [-0.15, -0.1) is 5.10 Å². The van der Waals surface area contributed by atoms with E-state index in [1.54, 1.807) is 6.20 Å². The average molecular weight is 307 g/mol. The lowest BCUT2D eigenvalue weighted by atomic mass is 10.1. The molecule has 0 saturated carbocycles. The molecule has 0 N–H and O–H groups in total. The molecule has 0 fully saturated rings. The van der Waals surface area contributed by atoms with Crippen LogP contribution in [0.1, 0.15) is 29.3 Å². The summed E-state index contributed by atoms with van der Waals surface area (Å²) in [6.07, 6.45) is 2.59. The molecule has 1 aromatic carbocycles. The minimum atomic E-state index is 0.597. The van der Waals surface area contributed by atoms with Crippen LogP contribution in [0.15, 0.2) is 48.7 Å². The van der Waals surface area contributed by atoms with Gasteiger partial charge >= 0.3 is 0 Å². The first-order chi connectivity index (χ1) is 11.2. The number of rotatable bonds is 5. The van der Waals surface area contributed by atoms with E-state index >= 15 is 0 Å². The lowest BCUT2D eigenvalue weighted by Crippen LogP contribution is -2.04. The van der Waals surface area contributed by atoms with Crippen molar-refractivity contribution in [2.24, 2.45) is 0 Å². The fraction of sp³-hybridized carbons (Fsp3) is 0.263. The molecule has 0 spiro atoms. The minimum absolute atomic E-state index is 0.597. The van der Waals surface area contributed by atoms with E-state index in [0.717, 1.165) is 29.1 Å². The van der Waals surface area contributed by atoms with E-state index in [1.807, 2.05) is 36.7 Å². The summed E-state index contributed by atoms with van der Waals surface area (Å²) in [5.41, 5.74) is 4.52. The van der Waals surface area contributed by atoms with Crippen LogP contribution < -0.4 is 4.74 Å². The third kappa shape index (κ3) is 3.11.